The van der Waals surface area contributed by atoms with Crippen molar-refractivity contribution in [1.29, 1.82) is 0 Å². The summed E-state index contributed by atoms with van der Waals surface area (Å²) < 4.78 is 7.03. The van der Waals surface area contributed by atoms with Gasteiger partial charge in [-0.05, 0) is 77.9 Å². The number of pyridine rings is 1. The minimum absolute atomic E-state index is 0.691. The lowest BCUT2D eigenvalue weighted by Crippen LogP contribution is -2.02. The molecular weight excluding hydrogens is 769 g/mol. The van der Waals surface area contributed by atoms with Gasteiger partial charge in [0, 0.05) is 61.7 Å². The second-order valence-electron chi connectivity index (χ2n) is 16.1. The quantitative estimate of drug-likeness (QED) is 0.168. The fourth-order valence-electron chi connectivity index (χ4n) is 9.68. The van der Waals surface area contributed by atoms with E-state index in [1.54, 1.807) is 0 Å². The van der Waals surface area contributed by atoms with E-state index in [0.29, 0.717) is 5.82 Å². The fourth-order valence-corrected chi connectivity index (χ4v) is 9.68. The number of benzene rings is 8. The molecule has 13 aromatic rings. The van der Waals surface area contributed by atoms with Gasteiger partial charge in [-0.3, -0.25) is 9.55 Å². The minimum Gasteiger partial charge on any atom is -0.309 e. The minimum atomic E-state index is 0.691. The van der Waals surface area contributed by atoms with Crippen molar-refractivity contribution in [2.75, 3.05) is 0 Å². The molecule has 5 aromatic heterocycles. The molecule has 0 bridgehead atoms. The zero-order valence-corrected chi connectivity index (χ0v) is 34.0. The summed E-state index contributed by atoms with van der Waals surface area (Å²) in [4.78, 5) is 15.1. The number of fused-ring (bicyclic) bond motifs is 9. The Kier molecular flexibility index (Phi) is 7.80. The summed E-state index contributed by atoms with van der Waals surface area (Å²) in [5.41, 5.74) is 15.1. The summed E-state index contributed by atoms with van der Waals surface area (Å²) in [7, 11) is 0. The highest BCUT2D eigenvalue weighted by Gasteiger charge is 2.20. The molecule has 0 N–H and O–H groups in total. The Balaban J connectivity index is 0.984. The van der Waals surface area contributed by atoms with Gasteiger partial charge in [0.15, 0.2) is 5.82 Å². The zero-order valence-electron chi connectivity index (χ0n) is 34.0. The highest BCUT2D eigenvalue weighted by molar-refractivity contribution is 6.13. The van der Waals surface area contributed by atoms with Crippen LogP contribution in [0.1, 0.15) is 0 Å². The molecule has 0 aliphatic rings. The van der Waals surface area contributed by atoms with Crippen molar-refractivity contribution in [3.8, 4) is 51.0 Å². The van der Waals surface area contributed by atoms with Crippen molar-refractivity contribution in [3.05, 3.63) is 219 Å². The van der Waals surface area contributed by atoms with Gasteiger partial charge in [-0.2, -0.15) is 0 Å². The first-order valence-corrected chi connectivity index (χ1v) is 21.3. The SMILES string of the molecule is c1ccc(-c2cc(-n3c4ccccc4c4cc(-c5ccc6c7ccccc7n(-c7cccc(-n8c9ccccc9c9ncccc98)c7)c6c5)ccc43)nc(-c3ccccc3)n2)cc1. The molecule has 8 aromatic carbocycles. The molecular formula is C57H36N6. The number of rotatable bonds is 6. The molecule has 6 nitrogen and oxygen atoms in total. The molecule has 0 saturated heterocycles. The van der Waals surface area contributed by atoms with Crippen LogP contribution in [-0.2, 0) is 0 Å². The average Bonchev–Trinajstić information content (AvgIpc) is 4.00. The lowest BCUT2D eigenvalue weighted by atomic mass is 10.0. The Hall–Kier alpha value is -8.61. The monoisotopic (exact) mass is 804 g/mol. The van der Waals surface area contributed by atoms with Crippen molar-refractivity contribution < 1.29 is 0 Å². The molecule has 0 amide bonds. The van der Waals surface area contributed by atoms with Gasteiger partial charge in [-0.1, -0.05) is 140 Å². The highest BCUT2D eigenvalue weighted by Crippen LogP contribution is 2.39. The smallest absolute Gasteiger partial charge is 0.162 e. The molecule has 0 aliphatic carbocycles. The van der Waals surface area contributed by atoms with E-state index in [2.05, 4.69) is 196 Å². The van der Waals surface area contributed by atoms with Gasteiger partial charge >= 0.3 is 0 Å². The largest absolute Gasteiger partial charge is 0.309 e. The van der Waals surface area contributed by atoms with Crippen molar-refractivity contribution in [2.45, 2.75) is 0 Å². The van der Waals surface area contributed by atoms with Crippen molar-refractivity contribution in [1.82, 2.24) is 28.7 Å². The number of hydrogen-bond donors (Lipinski definition) is 0. The molecule has 13 rings (SSSR count). The Bertz CT molecular complexity index is 3800. The Morgan fingerprint density at radius 3 is 1.62 bits per heavy atom. The topological polar surface area (TPSA) is 53.5 Å². The summed E-state index contributed by atoms with van der Waals surface area (Å²) >= 11 is 0. The van der Waals surface area contributed by atoms with Crippen LogP contribution in [0, 0.1) is 0 Å². The first-order valence-electron chi connectivity index (χ1n) is 21.3. The third kappa shape index (κ3) is 5.55. The molecule has 0 atom stereocenters. The van der Waals surface area contributed by atoms with E-state index in [9.17, 15) is 0 Å². The van der Waals surface area contributed by atoms with Gasteiger partial charge in [-0.15, -0.1) is 0 Å². The molecule has 5 heterocycles. The van der Waals surface area contributed by atoms with E-state index in [4.69, 9.17) is 15.0 Å². The molecule has 0 unspecified atom stereocenters. The summed E-state index contributed by atoms with van der Waals surface area (Å²) in [5.74, 6) is 1.52. The van der Waals surface area contributed by atoms with E-state index in [1.807, 2.05) is 36.5 Å². The first-order chi connectivity index (χ1) is 31.2. The highest BCUT2D eigenvalue weighted by atomic mass is 15.1. The molecule has 63 heavy (non-hydrogen) atoms. The Morgan fingerprint density at radius 1 is 0.302 bits per heavy atom. The second-order valence-corrected chi connectivity index (χ2v) is 16.1. The lowest BCUT2D eigenvalue weighted by Gasteiger charge is -2.13. The maximum atomic E-state index is 5.24. The van der Waals surface area contributed by atoms with Gasteiger partial charge in [0.1, 0.15) is 5.82 Å². The summed E-state index contributed by atoms with van der Waals surface area (Å²) in [5, 5.41) is 5.91. The first kappa shape index (κ1) is 35.2. The summed E-state index contributed by atoms with van der Waals surface area (Å²) in [6.45, 7) is 0. The molecule has 0 aliphatic heterocycles. The predicted molar refractivity (Wildman–Crippen MR) is 259 cm³/mol. The van der Waals surface area contributed by atoms with Crippen LogP contribution in [-0.4, -0.2) is 28.7 Å². The summed E-state index contributed by atoms with van der Waals surface area (Å²) in [6.07, 6.45) is 1.88. The van der Waals surface area contributed by atoms with E-state index < -0.39 is 0 Å². The number of aromatic nitrogens is 6. The zero-order chi connectivity index (χ0) is 41.4. The number of nitrogens with zero attached hydrogens (tertiary/aromatic N) is 6. The fraction of sp³-hybridized carbons (Fsp3) is 0. The Morgan fingerprint density at radius 2 is 0.857 bits per heavy atom. The number of hydrogen-bond acceptors (Lipinski definition) is 3. The van der Waals surface area contributed by atoms with Crippen LogP contribution < -0.4 is 0 Å². The van der Waals surface area contributed by atoms with Crippen molar-refractivity contribution >= 4 is 65.5 Å². The summed E-state index contributed by atoms with van der Waals surface area (Å²) in [6, 6.07) is 75.4. The Labute approximate surface area is 362 Å². The maximum absolute atomic E-state index is 5.24. The van der Waals surface area contributed by atoms with Crippen molar-refractivity contribution in [2.24, 2.45) is 0 Å². The average molecular weight is 805 g/mol. The predicted octanol–water partition coefficient (Wildman–Crippen LogP) is 14.2. The second kappa shape index (κ2) is 14.0. The molecule has 0 radical (unpaired) electrons. The number of para-hydroxylation sites is 3. The molecule has 6 heteroatoms. The van der Waals surface area contributed by atoms with E-state index >= 15 is 0 Å². The van der Waals surface area contributed by atoms with E-state index in [-0.39, 0.29) is 0 Å². The van der Waals surface area contributed by atoms with Crippen LogP contribution in [0.25, 0.3) is 117 Å². The van der Waals surface area contributed by atoms with E-state index in [0.717, 1.165) is 83.6 Å². The molecule has 0 saturated carbocycles. The molecule has 294 valence electrons. The van der Waals surface area contributed by atoms with Gasteiger partial charge in [0.2, 0.25) is 0 Å². The standard InChI is InChI=1S/C57H36N6/c1-3-15-37(16-4-1)48-36-55(60-57(59-48)38-17-5-2-6-18-38)63-50-25-11-8-22-44(50)47-33-39(29-31-52(47)63)40-28-30-45-43-21-7-10-24-49(43)62(54(45)34-40)42-20-13-19-41(35-42)61-51-26-12-9-23-46(51)56-53(61)27-14-32-58-56/h1-36H. The van der Waals surface area contributed by atoms with Crippen LogP contribution in [0.5, 0.6) is 0 Å². The van der Waals surface area contributed by atoms with Gasteiger partial charge in [-0.25, -0.2) is 9.97 Å². The van der Waals surface area contributed by atoms with Crippen molar-refractivity contribution in [3.63, 3.8) is 0 Å². The van der Waals surface area contributed by atoms with Crippen LogP contribution in [0.2, 0.25) is 0 Å². The third-order valence-corrected chi connectivity index (χ3v) is 12.5. The van der Waals surface area contributed by atoms with Crippen LogP contribution in [0.15, 0.2) is 219 Å². The molecule has 0 fully saturated rings. The van der Waals surface area contributed by atoms with Gasteiger partial charge in [0.05, 0.1) is 44.3 Å². The van der Waals surface area contributed by atoms with Gasteiger partial charge in [0.25, 0.3) is 0 Å². The normalized spacial score (nSPS) is 11.8. The van der Waals surface area contributed by atoms with Crippen LogP contribution >= 0.6 is 0 Å². The van der Waals surface area contributed by atoms with E-state index in [1.165, 1.54) is 27.1 Å². The van der Waals surface area contributed by atoms with Crippen LogP contribution in [0.4, 0.5) is 0 Å². The third-order valence-electron chi connectivity index (χ3n) is 12.5. The lowest BCUT2D eigenvalue weighted by molar-refractivity contribution is 1.05. The maximum Gasteiger partial charge on any atom is 0.162 e. The van der Waals surface area contributed by atoms with Gasteiger partial charge < -0.3 is 9.13 Å². The van der Waals surface area contributed by atoms with Crippen LogP contribution in [0.3, 0.4) is 0 Å². The molecule has 0 spiro atoms.